The predicted molar refractivity (Wildman–Crippen MR) is 97.4 cm³/mol. The van der Waals surface area contributed by atoms with Crippen LogP contribution < -0.4 is 0 Å². The van der Waals surface area contributed by atoms with Crippen molar-refractivity contribution in [3.8, 4) is 0 Å². The largest absolute Gasteiger partial charge is 0.477 e. The molecule has 2 N–H and O–H groups in total. The number of carbonyl (C=O) groups is 2. The van der Waals surface area contributed by atoms with Crippen molar-refractivity contribution in [3.63, 3.8) is 0 Å². The Labute approximate surface area is 185 Å². The summed E-state index contributed by atoms with van der Waals surface area (Å²) in [5, 5.41) is 19.3. The average Bonchev–Trinajstić information content (AvgIpc) is 2.67. The summed E-state index contributed by atoms with van der Waals surface area (Å²) >= 11 is 0. The van der Waals surface area contributed by atoms with E-state index in [1.165, 1.54) is 12.1 Å². The fraction of sp³-hybridized carbons (Fsp3) is 0. The van der Waals surface area contributed by atoms with E-state index in [1.54, 1.807) is 24.3 Å². The number of aromatic carboxylic acids is 2. The molecule has 4 rings (SSSR count). The molecule has 0 aliphatic rings. The van der Waals surface area contributed by atoms with Gasteiger partial charge in [0.05, 0.1) is 11.0 Å². The van der Waals surface area contributed by atoms with Crippen LogP contribution in [0.3, 0.4) is 0 Å². The van der Waals surface area contributed by atoms with Gasteiger partial charge in [0.1, 0.15) is 11.4 Å². The third-order valence-electron chi connectivity index (χ3n) is 3.64. The molecule has 2 aromatic carbocycles. The number of aromatic nitrogens is 2. The molecule has 4 aromatic rings. The maximum atomic E-state index is 10.6. The maximum absolute atomic E-state index is 10.6. The normalized spacial score (nSPS) is 9.78. The minimum atomic E-state index is -0.995. The topological polar surface area (TPSA) is 100 Å². The first-order valence-corrected chi connectivity index (χ1v) is 7.73. The smallest absolute Gasteiger partial charge is 0.354 e. The van der Waals surface area contributed by atoms with Gasteiger partial charge in [0, 0.05) is 49.4 Å². The number of benzene rings is 2. The Morgan fingerprint density at radius 1 is 0.593 bits per heavy atom. The molecule has 0 saturated heterocycles. The Morgan fingerprint density at radius 3 is 1.33 bits per heavy atom. The van der Waals surface area contributed by atoms with Crippen LogP contribution in [0.15, 0.2) is 72.8 Å². The molecule has 0 fully saturated rings. The van der Waals surface area contributed by atoms with Crippen molar-refractivity contribution < 1.29 is 58.4 Å². The standard InChI is InChI=1S/2C10H7NO2.Tb/c2*12-10(13)9-6-5-7-3-1-2-4-8(7)11-9;/h2*1-6H,(H,12,13);. The number of para-hydroxylation sites is 2. The Balaban J connectivity index is 0.000000187. The summed E-state index contributed by atoms with van der Waals surface area (Å²) < 4.78 is 0. The minimum Gasteiger partial charge on any atom is -0.477 e. The zero-order chi connectivity index (χ0) is 18.5. The zero-order valence-corrected chi connectivity index (χ0v) is 16.0. The summed E-state index contributed by atoms with van der Waals surface area (Å²) in [6, 6.07) is 21.4. The van der Waals surface area contributed by atoms with Crippen molar-refractivity contribution in [2.75, 3.05) is 0 Å². The van der Waals surface area contributed by atoms with E-state index in [2.05, 4.69) is 9.97 Å². The molecular formula is C20H14N2O4Tb. The Kier molecular flexibility index (Phi) is 7.26. The van der Waals surface area contributed by atoms with Gasteiger partial charge in [-0.3, -0.25) is 0 Å². The second-order valence-corrected chi connectivity index (χ2v) is 5.39. The van der Waals surface area contributed by atoms with E-state index in [0.29, 0.717) is 11.0 Å². The molecule has 6 nitrogen and oxygen atoms in total. The van der Waals surface area contributed by atoms with Gasteiger partial charge in [-0.15, -0.1) is 0 Å². The number of rotatable bonds is 2. The van der Waals surface area contributed by atoms with Crippen LogP contribution in [0.2, 0.25) is 0 Å². The quantitative estimate of drug-likeness (QED) is 0.429. The van der Waals surface area contributed by atoms with E-state index in [1.807, 2.05) is 36.4 Å². The second-order valence-electron chi connectivity index (χ2n) is 5.39. The van der Waals surface area contributed by atoms with Crippen LogP contribution in [-0.2, 0) is 0 Å². The van der Waals surface area contributed by atoms with Crippen LogP contribution in [0.5, 0.6) is 0 Å². The Hall–Kier alpha value is -2.51. The fourth-order valence-corrected chi connectivity index (χ4v) is 2.37. The molecule has 0 aliphatic heterocycles. The van der Waals surface area contributed by atoms with Gasteiger partial charge < -0.3 is 10.2 Å². The summed E-state index contributed by atoms with van der Waals surface area (Å²) in [7, 11) is 0. The van der Waals surface area contributed by atoms with Crippen molar-refractivity contribution in [1.29, 1.82) is 0 Å². The van der Waals surface area contributed by atoms with Gasteiger partial charge in [-0.25, -0.2) is 19.6 Å². The molecule has 0 aliphatic carbocycles. The predicted octanol–water partition coefficient (Wildman–Crippen LogP) is 3.87. The molecule has 0 atom stereocenters. The molecule has 2 aromatic heterocycles. The maximum Gasteiger partial charge on any atom is 0.354 e. The minimum absolute atomic E-state index is 0. The van der Waals surface area contributed by atoms with E-state index in [0.717, 1.165) is 10.8 Å². The van der Waals surface area contributed by atoms with Crippen LogP contribution in [0, 0.1) is 38.6 Å². The number of carboxylic acid groups (broad SMARTS) is 2. The monoisotopic (exact) mass is 505 g/mol. The molecule has 0 amide bonds. The molecule has 2 heterocycles. The van der Waals surface area contributed by atoms with E-state index in [4.69, 9.17) is 10.2 Å². The number of nitrogens with zero attached hydrogens (tertiary/aromatic N) is 2. The number of pyridine rings is 2. The average molecular weight is 505 g/mol. The molecular weight excluding hydrogens is 491 g/mol. The van der Waals surface area contributed by atoms with Crippen molar-refractivity contribution in [2.45, 2.75) is 0 Å². The second kappa shape index (κ2) is 9.43. The van der Waals surface area contributed by atoms with Gasteiger partial charge in [0.15, 0.2) is 0 Å². The first-order chi connectivity index (χ1) is 12.5. The summed E-state index contributed by atoms with van der Waals surface area (Å²) in [6.07, 6.45) is 0. The Morgan fingerprint density at radius 2 is 0.963 bits per heavy atom. The number of hydrogen-bond donors (Lipinski definition) is 2. The SMILES string of the molecule is O=C(O)c1ccc2ccccc2n1.O=C(O)c1ccc2ccccc2n1.[Tb]. The molecule has 7 heteroatoms. The van der Waals surface area contributed by atoms with Gasteiger partial charge in [-0.05, 0) is 24.3 Å². The van der Waals surface area contributed by atoms with Crippen LogP contribution in [0.4, 0.5) is 0 Å². The number of fused-ring (bicyclic) bond motifs is 2. The van der Waals surface area contributed by atoms with Crippen molar-refractivity contribution in [2.24, 2.45) is 0 Å². The zero-order valence-electron chi connectivity index (χ0n) is 13.9. The van der Waals surface area contributed by atoms with Crippen LogP contribution in [0.25, 0.3) is 21.8 Å². The summed E-state index contributed by atoms with van der Waals surface area (Å²) in [5.74, 6) is -1.99. The molecule has 0 spiro atoms. The van der Waals surface area contributed by atoms with Crippen molar-refractivity contribution in [3.05, 3.63) is 84.2 Å². The van der Waals surface area contributed by atoms with E-state index in [9.17, 15) is 9.59 Å². The van der Waals surface area contributed by atoms with Gasteiger partial charge in [0.25, 0.3) is 0 Å². The molecule has 0 saturated carbocycles. The summed E-state index contributed by atoms with van der Waals surface area (Å²) in [6.45, 7) is 0. The van der Waals surface area contributed by atoms with Crippen molar-refractivity contribution in [1.82, 2.24) is 9.97 Å². The first kappa shape index (κ1) is 20.8. The van der Waals surface area contributed by atoms with E-state index >= 15 is 0 Å². The third-order valence-corrected chi connectivity index (χ3v) is 3.64. The molecule has 137 valence electrons. The molecule has 27 heavy (non-hydrogen) atoms. The summed E-state index contributed by atoms with van der Waals surface area (Å²) in [5.41, 5.74) is 1.59. The van der Waals surface area contributed by atoms with Gasteiger partial charge in [-0.2, -0.15) is 0 Å². The van der Waals surface area contributed by atoms with Crippen molar-refractivity contribution >= 4 is 33.7 Å². The number of hydrogen-bond acceptors (Lipinski definition) is 4. The molecule has 0 bridgehead atoms. The van der Waals surface area contributed by atoms with E-state index in [-0.39, 0.29) is 50.0 Å². The van der Waals surface area contributed by atoms with Gasteiger partial charge in [-0.1, -0.05) is 48.5 Å². The van der Waals surface area contributed by atoms with Gasteiger partial charge in [0.2, 0.25) is 0 Å². The van der Waals surface area contributed by atoms with Crippen LogP contribution in [-0.4, -0.2) is 32.1 Å². The molecule has 0 unspecified atom stereocenters. The summed E-state index contributed by atoms with van der Waals surface area (Å²) in [4.78, 5) is 29.1. The first-order valence-electron chi connectivity index (χ1n) is 7.73. The number of carboxylic acids is 2. The Bertz CT molecular complexity index is 1030. The fourth-order valence-electron chi connectivity index (χ4n) is 2.37. The van der Waals surface area contributed by atoms with Crippen LogP contribution >= 0.6 is 0 Å². The van der Waals surface area contributed by atoms with E-state index < -0.39 is 11.9 Å². The van der Waals surface area contributed by atoms with Gasteiger partial charge >= 0.3 is 11.9 Å². The third kappa shape index (κ3) is 5.24. The van der Waals surface area contributed by atoms with Crippen LogP contribution in [0.1, 0.15) is 21.0 Å². The molecule has 1 radical (unpaired) electrons.